The van der Waals surface area contributed by atoms with Crippen LogP contribution in [0.25, 0.3) is 0 Å². The van der Waals surface area contributed by atoms with Crippen molar-refractivity contribution in [2.45, 2.75) is 25.7 Å². The van der Waals surface area contributed by atoms with Gasteiger partial charge in [-0.1, -0.05) is 23.9 Å². The van der Waals surface area contributed by atoms with Crippen LogP contribution >= 0.6 is 11.8 Å². The molecule has 0 bridgehead atoms. The first kappa shape index (κ1) is 21.0. The molecule has 1 heterocycles. The average molecular weight is 400 g/mol. The Labute approximate surface area is 158 Å². The van der Waals surface area contributed by atoms with E-state index in [0.717, 1.165) is 12.1 Å². The van der Waals surface area contributed by atoms with E-state index in [-0.39, 0.29) is 17.1 Å². The standard InChI is InChI=1S/C17H19F3N4O2S/c1-10(11-4-6-12(7-5-11)17(18,19)20)24-15(22-16(21-2)27-3)13(8-25)14(9-26)23-24/h4-8,10,26H,9H2,1-3H3,(H,21,22)/t10-/m0/s1. The zero-order chi connectivity index (χ0) is 20.2. The van der Waals surface area contributed by atoms with Crippen LogP contribution in [0.15, 0.2) is 29.3 Å². The van der Waals surface area contributed by atoms with Gasteiger partial charge in [0.15, 0.2) is 17.3 Å². The summed E-state index contributed by atoms with van der Waals surface area (Å²) in [5, 5.41) is 17.1. The van der Waals surface area contributed by atoms with Crippen molar-refractivity contribution < 1.29 is 23.1 Å². The quantitative estimate of drug-likeness (QED) is 0.457. The minimum absolute atomic E-state index is 0.137. The molecule has 2 aromatic rings. The van der Waals surface area contributed by atoms with E-state index in [4.69, 9.17) is 0 Å². The fourth-order valence-electron chi connectivity index (χ4n) is 2.49. The van der Waals surface area contributed by atoms with Gasteiger partial charge in [0.25, 0.3) is 0 Å². The van der Waals surface area contributed by atoms with Crippen LogP contribution in [-0.4, -0.2) is 39.6 Å². The molecular formula is C17H19F3N4O2S. The number of rotatable bonds is 5. The van der Waals surface area contributed by atoms with E-state index in [1.54, 1.807) is 20.2 Å². The second-order valence-electron chi connectivity index (χ2n) is 5.57. The normalized spacial score (nSPS) is 13.5. The van der Waals surface area contributed by atoms with Gasteiger partial charge in [-0.2, -0.15) is 18.3 Å². The van der Waals surface area contributed by atoms with Crippen LogP contribution in [0.4, 0.5) is 19.0 Å². The predicted octanol–water partition coefficient (Wildman–Crippen LogP) is 3.39. The van der Waals surface area contributed by atoms with Crippen molar-refractivity contribution >= 4 is 29.0 Å². The maximum atomic E-state index is 12.8. The maximum absolute atomic E-state index is 12.8. The van der Waals surface area contributed by atoms with Crippen LogP contribution in [0.1, 0.15) is 40.1 Å². The molecule has 27 heavy (non-hydrogen) atoms. The molecular weight excluding hydrogens is 381 g/mol. The number of alkyl halides is 3. The van der Waals surface area contributed by atoms with Crippen molar-refractivity contribution in [1.82, 2.24) is 15.1 Å². The van der Waals surface area contributed by atoms with Gasteiger partial charge in [0.1, 0.15) is 5.69 Å². The molecule has 0 aliphatic heterocycles. The molecule has 0 saturated carbocycles. The van der Waals surface area contributed by atoms with Crippen molar-refractivity contribution in [3.8, 4) is 0 Å². The third kappa shape index (κ3) is 4.51. The number of carbonyl (C=O) groups is 1. The van der Waals surface area contributed by atoms with Crippen molar-refractivity contribution in [1.29, 1.82) is 0 Å². The summed E-state index contributed by atoms with van der Waals surface area (Å²) in [5.74, 6) is 0.222. The number of benzene rings is 1. The number of aromatic nitrogens is 2. The number of carbonyl (C=O) groups excluding carboxylic acids is 1. The predicted molar refractivity (Wildman–Crippen MR) is 98.5 cm³/mol. The lowest BCUT2D eigenvalue weighted by Gasteiger charge is -2.16. The zero-order valence-electron chi connectivity index (χ0n) is 14.9. The topological polar surface area (TPSA) is 79.5 Å². The molecule has 0 unspecified atom stereocenters. The van der Waals surface area contributed by atoms with Crippen LogP contribution < -0.4 is 5.32 Å². The highest BCUT2D eigenvalue weighted by molar-refractivity contribution is 8.13. The highest BCUT2D eigenvalue weighted by Gasteiger charge is 2.30. The minimum atomic E-state index is -4.42. The first-order chi connectivity index (χ1) is 12.8. The summed E-state index contributed by atoms with van der Waals surface area (Å²) < 4.78 is 39.7. The Kier molecular flexibility index (Phi) is 6.66. The molecule has 2 N–H and O–H groups in total. The molecule has 0 aliphatic carbocycles. The summed E-state index contributed by atoms with van der Waals surface area (Å²) >= 11 is 1.32. The summed E-state index contributed by atoms with van der Waals surface area (Å²) in [5.41, 5.74) is 0.0952. The van der Waals surface area contributed by atoms with Crippen LogP contribution in [0.2, 0.25) is 0 Å². The Morgan fingerprint density at radius 1 is 1.41 bits per heavy atom. The molecule has 0 amide bonds. The number of hydrogen-bond donors (Lipinski definition) is 2. The number of thioether (sulfide) groups is 1. The monoisotopic (exact) mass is 400 g/mol. The smallest absolute Gasteiger partial charge is 0.390 e. The van der Waals surface area contributed by atoms with E-state index in [1.807, 2.05) is 0 Å². The first-order valence-corrected chi connectivity index (χ1v) is 9.14. The lowest BCUT2D eigenvalue weighted by Crippen LogP contribution is -2.15. The fourth-order valence-corrected chi connectivity index (χ4v) is 2.88. The Hall–Kier alpha value is -2.33. The Balaban J connectivity index is 2.54. The van der Waals surface area contributed by atoms with Gasteiger partial charge >= 0.3 is 6.18 Å². The van der Waals surface area contributed by atoms with Crippen molar-refractivity contribution in [3.63, 3.8) is 0 Å². The molecule has 146 valence electrons. The van der Waals surface area contributed by atoms with E-state index in [1.165, 1.54) is 28.6 Å². The number of aliphatic hydroxyl groups excluding tert-OH is 1. The Bertz CT molecular complexity index is 826. The van der Waals surface area contributed by atoms with E-state index < -0.39 is 24.4 Å². The number of aliphatic imine (C=N–C) groups is 1. The van der Waals surface area contributed by atoms with Gasteiger partial charge in [-0.15, -0.1) is 0 Å². The summed E-state index contributed by atoms with van der Waals surface area (Å²) in [4.78, 5) is 15.9. The van der Waals surface area contributed by atoms with Gasteiger partial charge in [0.05, 0.1) is 23.8 Å². The van der Waals surface area contributed by atoms with Gasteiger partial charge in [0, 0.05) is 7.05 Å². The van der Waals surface area contributed by atoms with Crippen molar-refractivity contribution in [3.05, 3.63) is 46.6 Å². The van der Waals surface area contributed by atoms with Crippen LogP contribution in [0.3, 0.4) is 0 Å². The Morgan fingerprint density at radius 2 is 2.04 bits per heavy atom. The van der Waals surface area contributed by atoms with E-state index >= 15 is 0 Å². The number of nitrogens with zero attached hydrogens (tertiary/aromatic N) is 3. The molecule has 10 heteroatoms. The van der Waals surface area contributed by atoms with Gasteiger partial charge in [-0.05, 0) is 30.9 Å². The molecule has 6 nitrogen and oxygen atoms in total. The van der Waals surface area contributed by atoms with Crippen molar-refractivity contribution in [2.75, 3.05) is 13.3 Å². The summed E-state index contributed by atoms with van der Waals surface area (Å²) in [6.07, 6.45) is -2.07. The molecule has 0 spiro atoms. The van der Waals surface area contributed by atoms with Gasteiger partial charge in [-0.25, -0.2) is 9.67 Å². The molecule has 1 aromatic carbocycles. The van der Waals surface area contributed by atoms with Crippen LogP contribution in [0, 0.1) is 0 Å². The van der Waals surface area contributed by atoms with Crippen molar-refractivity contribution in [2.24, 2.45) is 4.99 Å². The van der Waals surface area contributed by atoms with Gasteiger partial charge < -0.3 is 10.4 Å². The SMILES string of the molecule is CN/C(=N\c1c(C=O)c(CO)nn1[C@@H](C)c1ccc(C(F)(F)F)cc1)SC. The number of amidine groups is 1. The number of hydrogen-bond acceptors (Lipinski definition) is 5. The molecule has 0 fully saturated rings. The zero-order valence-corrected chi connectivity index (χ0v) is 15.7. The van der Waals surface area contributed by atoms with E-state index in [0.29, 0.717) is 17.0 Å². The number of aliphatic hydroxyl groups is 1. The van der Waals surface area contributed by atoms with Gasteiger partial charge in [0.2, 0.25) is 0 Å². The average Bonchev–Trinajstić information content (AvgIpc) is 3.02. The fraction of sp³-hybridized carbons (Fsp3) is 0.353. The lowest BCUT2D eigenvalue weighted by molar-refractivity contribution is -0.137. The van der Waals surface area contributed by atoms with E-state index in [2.05, 4.69) is 15.4 Å². The summed E-state index contributed by atoms with van der Waals surface area (Å²) in [6, 6.07) is 4.19. The third-order valence-corrected chi connectivity index (χ3v) is 4.65. The maximum Gasteiger partial charge on any atom is 0.416 e. The van der Waals surface area contributed by atoms with Crippen LogP contribution in [0.5, 0.6) is 0 Å². The second kappa shape index (κ2) is 8.57. The van der Waals surface area contributed by atoms with Crippen LogP contribution in [-0.2, 0) is 12.8 Å². The second-order valence-corrected chi connectivity index (χ2v) is 6.37. The number of aldehydes is 1. The number of nitrogens with one attached hydrogen (secondary N) is 1. The molecule has 0 aliphatic rings. The van der Waals surface area contributed by atoms with E-state index in [9.17, 15) is 23.1 Å². The summed E-state index contributed by atoms with van der Waals surface area (Å²) in [6.45, 7) is 1.26. The molecule has 1 aromatic heterocycles. The summed E-state index contributed by atoms with van der Waals surface area (Å²) in [7, 11) is 1.67. The molecule has 0 saturated heterocycles. The molecule has 0 radical (unpaired) electrons. The highest BCUT2D eigenvalue weighted by Crippen LogP contribution is 2.32. The first-order valence-electron chi connectivity index (χ1n) is 7.91. The molecule has 2 rings (SSSR count). The highest BCUT2D eigenvalue weighted by atomic mass is 32.2. The third-order valence-electron chi connectivity index (χ3n) is 3.97. The lowest BCUT2D eigenvalue weighted by atomic mass is 10.1. The van der Waals surface area contributed by atoms with Gasteiger partial charge in [-0.3, -0.25) is 4.79 Å². The largest absolute Gasteiger partial charge is 0.416 e. The number of halogens is 3. The molecule has 1 atom stereocenters. The Morgan fingerprint density at radius 3 is 2.48 bits per heavy atom. The minimum Gasteiger partial charge on any atom is -0.390 e.